The lowest BCUT2D eigenvalue weighted by Gasteiger charge is -2.14. The molecular formula is C13H21N3O3S. The fourth-order valence-corrected chi connectivity index (χ4v) is 2.23. The molecule has 1 rings (SSSR count). The Kier molecular flexibility index (Phi) is 5.67. The number of hydrogen-bond acceptors (Lipinski definition) is 4. The number of hydrogen-bond donors (Lipinski definition) is 3. The molecule has 7 heteroatoms. The summed E-state index contributed by atoms with van der Waals surface area (Å²) in [5.41, 5.74) is 6.92. The Morgan fingerprint density at radius 3 is 2.60 bits per heavy atom. The van der Waals surface area contributed by atoms with E-state index in [0.717, 1.165) is 18.4 Å². The highest BCUT2D eigenvalue weighted by atomic mass is 32.2. The van der Waals surface area contributed by atoms with Crippen molar-refractivity contribution in [2.24, 2.45) is 10.9 Å². The van der Waals surface area contributed by atoms with Gasteiger partial charge in [-0.05, 0) is 31.0 Å². The van der Waals surface area contributed by atoms with E-state index in [2.05, 4.69) is 5.32 Å². The van der Waals surface area contributed by atoms with Crippen LogP contribution in [0.5, 0.6) is 0 Å². The smallest absolute Gasteiger partial charge is 0.241 e. The van der Waals surface area contributed by atoms with Gasteiger partial charge in [0.05, 0.1) is 10.9 Å². The molecule has 0 spiro atoms. The zero-order chi connectivity index (χ0) is 15.3. The summed E-state index contributed by atoms with van der Waals surface area (Å²) in [7, 11) is -3.79. The molecule has 0 aromatic heterocycles. The van der Waals surface area contributed by atoms with Gasteiger partial charge in [-0.2, -0.15) is 0 Å². The minimum absolute atomic E-state index is 0.0412. The van der Waals surface area contributed by atoms with Crippen molar-refractivity contribution >= 4 is 21.6 Å². The zero-order valence-electron chi connectivity index (χ0n) is 11.7. The highest BCUT2D eigenvalue weighted by molar-refractivity contribution is 7.89. The molecule has 5 N–H and O–H groups in total. The second-order valence-corrected chi connectivity index (χ2v) is 6.32. The van der Waals surface area contributed by atoms with Crippen molar-refractivity contribution in [2.45, 2.75) is 44.0 Å². The maximum Gasteiger partial charge on any atom is 0.241 e. The van der Waals surface area contributed by atoms with Gasteiger partial charge in [0.15, 0.2) is 0 Å². The van der Waals surface area contributed by atoms with Crippen molar-refractivity contribution in [3.05, 3.63) is 23.8 Å². The zero-order valence-corrected chi connectivity index (χ0v) is 12.5. The highest BCUT2D eigenvalue weighted by Crippen LogP contribution is 2.19. The molecule has 0 aliphatic carbocycles. The largest absolute Gasteiger partial charge is 0.324 e. The molecule has 1 amide bonds. The molecule has 0 bridgehead atoms. The van der Waals surface area contributed by atoms with Gasteiger partial charge in [0.2, 0.25) is 15.9 Å². The Labute approximate surface area is 119 Å². The average Bonchev–Trinajstić information content (AvgIpc) is 2.37. The van der Waals surface area contributed by atoms with Crippen LogP contribution in [0.2, 0.25) is 0 Å². The van der Waals surface area contributed by atoms with Crippen LogP contribution in [-0.2, 0) is 14.8 Å². The third kappa shape index (κ3) is 4.59. The number of rotatable bonds is 6. The molecule has 0 saturated carbocycles. The fraction of sp³-hybridized carbons (Fsp3) is 0.462. The van der Waals surface area contributed by atoms with Gasteiger partial charge >= 0.3 is 0 Å². The molecule has 0 aliphatic heterocycles. The Balaban J connectivity index is 2.89. The van der Waals surface area contributed by atoms with Crippen LogP contribution in [-0.4, -0.2) is 20.4 Å². The molecule has 0 radical (unpaired) electrons. The summed E-state index contributed by atoms with van der Waals surface area (Å²) >= 11 is 0. The van der Waals surface area contributed by atoms with Gasteiger partial charge in [-0.1, -0.05) is 25.8 Å². The summed E-state index contributed by atoms with van der Waals surface area (Å²) in [6.07, 6.45) is 2.42. The molecule has 6 nitrogen and oxygen atoms in total. The lowest BCUT2D eigenvalue weighted by atomic mass is 10.1. The summed E-state index contributed by atoms with van der Waals surface area (Å²) in [6, 6.07) is 3.73. The maximum atomic E-state index is 11.9. The summed E-state index contributed by atoms with van der Waals surface area (Å²) in [5.74, 6) is -0.326. The number of benzene rings is 1. The number of amides is 1. The molecule has 1 aromatic carbocycles. The van der Waals surface area contributed by atoms with Crippen LogP contribution in [0.25, 0.3) is 0 Å². The van der Waals surface area contributed by atoms with Crippen LogP contribution in [0.4, 0.5) is 5.69 Å². The molecule has 0 heterocycles. The van der Waals surface area contributed by atoms with Gasteiger partial charge in [-0.25, -0.2) is 13.6 Å². The lowest BCUT2D eigenvalue weighted by Crippen LogP contribution is -2.35. The highest BCUT2D eigenvalue weighted by Gasteiger charge is 2.15. The predicted octanol–water partition coefficient (Wildman–Crippen LogP) is 1.10. The van der Waals surface area contributed by atoms with Gasteiger partial charge in [-0.3, -0.25) is 4.79 Å². The van der Waals surface area contributed by atoms with E-state index in [1.54, 1.807) is 13.0 Å². The summed E-state index contributed by atoms with van der Waals surface area (Å²) < 4.78 is 22.6. The normalized spacial score (nSPS) is 13.0. The van der Waals surface area contributed by atoms with Crippen LogP contribution in [0.1, 0.15) is 31.7 Å². The monoisotopic (exact) mass is 299 g/mol. The molecule has 0 unspecified atom stereocenters. The first-order valence-corrected chi connectivity index (χ1v) is 8.00. The van der Waals surface area contributed by atoms with E-state index in [4.69, 9.17) is 10.9 Å². The second-order valence-electron chi connectivity index (χ2n) is 4.76. The number of primary sulfonamides is 1. The number of aryl methyl sites for hydroxylation is 1. The molecule has 112 valence electrons. The van der Waals surface area contributed by atoms with Gasteiger partial charge < -0.3 is 11.1 Å². The van der Waals surface area contributed by atoms with Crippen LogP contribution in [0.15, 0.2) is 23.1 Å². The Morgan fingerprint density at radius 2 is 2.05 bits per heavy atom. The minimum Gasteiger partial charge on any atom is -0.324 e. The first kappa shape index (κ1) is 16.6. The van der Waals surface area contributed by atoms with Crippen LogP contribution in [0.3, 0.4) is 0 Å². The van der Waals surface area contributed by atoms with Gasteiger partial charge in [0.1, 0.15) is 0 Å². The van der Waals surface area contributed by atoms with E-state index in [1.165, 1.54) is 12.1 Å². The van der Waals surface area contributed by atoms with Crippen molar-refractivity contribution in [2.75, 3.05) is 5.32 Å². The number of carbonyl (C=O) groups is 1. The first-order chi connectivity index (χ1) is 9.25. The Hall–Kier alpha value is -1.44. The number of nitrogens with two attached hydrogens (primary N) is 2. The topological polar surface area (TPSA) is 115 Å². The van der Waals surface area contributed by atoms with E-state index >= 15 is 0 Å². The Bertz CT molecular complexity index is 585. The van der Waals surface area contributed by atoms with Crippen molar-refractivity contribution in [1.29, 1.82) is 0 Å². The number of anilines is 1. The number of sulfonamides is 1. The average molecular weight is 299 g/mol. The first-order valence-electron chi connectivity index (χ1n) is 6.45. The van der Waals surface area contributed by atoms with E-state index in [1.807, 2.05) is 6.92 Å². The van der Waals surface area contributed by atoms with E-state index in [9.17, 15) is 13.2 Å². The second kappa shape index (κ2) is 6.83. The number of carbonyl (C=O) groups excluding carboxylic acids is 1. The summed E-state index contributed by atoms with van der Waals surface area (Å²) in [6.45, 7) is 3.78. The van der Waals surface area contributed by atoms with Gasteiger partial charge in [0.25, 0.3) is 0 Å². The predicted molar refractivity (Wildman–Crippen MR) is 78.7 cm³/mol. The molecule has 0 aliphatic rings. The molecule has 1 atom stereocenters. The maximum absolute atomic E-state index is 11.9. The van der Waals surface area contributed by atoms with Gasteiger partial charge in [-0.15, -0.1) is 0 Å². The van der Waals surface area contributed by atoms with E-state index in [-0.39, 0.29) is 10.8 Å². The Morgan fingerprint density at radius 1 is 1.40 bits per heavy atom. The van der Waals surface area contributed by atoms with Crippen molar-refractivity contribution < 1.29 is 13.2 Å². The molecular weight excluding hydrogens is 278 g/mol. The molecule has 20 heavy (non-hydrogen) atoms. The SMILES string of the molecule is CCCC[C@H](N)C(=O)Nc1cc(S(N)(=O)=O)ccc1C. The third-order valence-corrected chi connectivity index (χ3v) is 3.91. The quantitative estimate of drug-likeness (QED) is 0.729. The number of nitrogens with one attached hydrogen (secondary N) is 1. The molecule has 0 fully saturated rings. The number of unbranched alkanes of at least 4 members (excludes halogenated alkanes) is 1. The van der Waals surface area contributed by atoms with Crippen molar-refractivity contribution in [3.8, 4) is 0 Å². The minimum atomic E-state index is -3.79. The van der Waals surface area contributed by atoms with Crippen LogP contribution < -0.4 is 16.2 Å². The molecule has 1 aromatic rings. The fourth-order valence-electron chi connectivity index (χ4n) is 1.69. The summed E-state index contributed by atoms with van der Waals surface area (Å²) in [4.78, 5) is 11.9. The van der Waals surface area contributed by atoms with Crippen molar-refractivity contribution in [1.82, 2.24) is 0 Å². The lowest BCUT2D eigenvalue weighted by molar-refractivity contribution is -0.117. The van der Waals surface area contributed by atoms with Gasteiger partial charge in [0, 0.05) is 5.69 Å². The van der Waals surface area contributed by atoms with E-state index < -0.39 is 16.1 Å². The van der Waals surface area contributed by atoms with Crippen LogP contribution >= 0.6 is 0 Å². The standard InChI is InChI=1S/C13H21N3O3S/c1-3-4-5-11(14)13(17)16-12-8-10(20(15,18)19)7-6-9(12)2/h6-8,11H,3-5,14H2,1-2H3,(H,16,17)(H2,15,18,19)/t11-/m0/s1. The van der Waals surface area contributed by atoms with Crippen LogP contribution in [0, 0.1) is 6.92 Å². The molecule has 0 saturated heterocycles. The third-order valence-electron chi connectivity index (χ3n) is 3.00. The summed E-state index contributed by atoms with van der Waals surface area (Å²) in [5, 5.41) is 7.71. The van der Waals surface area contributed by atoms with Crippen molar-refractivity contribution in [3.63, 3.8) is 0 Å². The van der Waals surface area contributed by atoms with E-state index in [0.29, 0.717) is 12.1 Å².